The zero-order valence-corrected chi connectivity index (χ0v) is 11.6. The molecule has 0 aromatic heterocycles. The van der Waals surface area contributed by atoms with Gasteiger partial charge in [-0.1, -0.05) is 23.7 Å². The molecule has 2 N–H and O–H groups in total. The normalized spacial score (nSPS) is 10.1. The van der Waals surface area contributed by atoms with E-state index in [1.165, 1.54) is 6.07 Å². The average molecular weight is 292 g/mol. The highest BCUT2D eigenvalue weighted by atomic mass is 35.5. The lowest BCUT2D eigenvalue weighted by Crippen LogP contribution is -2.04. The van der Waals surface area contributed by atoms with Gasteiger partial charge >= 0.3 is 5.97 Å². The quantitative estimate of drug-likeness (QED) is 0.867. The van der Waals surface area contributed by atoms with Crippen molar-refractivity contribution >= 4 is 28.9 Å². The summed E-state index contributed by atoms with van der Waals surface area (Å²) in [6, 6.07) is 12.0. The van der Waals surface area contributed by atoms with Crippen LogP contribution in [0.15, 0.2) is 42.5 Å². The highest BCUT2D eigenvalue weighted by molar-refractivity contribution is 6.31. The van der Waals surface area contributed by atoms with E-state index in [0.717, 1.165) is 0 Å². The number of rotatable bonds is 5. The SMILES string of the molecule is CCOc1ccccc1Nc1ccc(Cl)cc1C(=O)O. The molecule has 104 valence electrons. The van der Waals surface area contributed by atoms with Gasteiger partial charge in [0.1, 0.15) is 5.75 Å². The molecule has 2 aromatic rings. The summed E-state index contributed by atoms with van der Waals surface area (Å²) >= 11 is 5.83. The van der Waals surface area contributed by atoms with Crippen LogP contribution in [0.1, 0.15) is 17.3 Å². The maximum absolute atomic E-state index is 11.2. The van der Waals surface area contributed by atoms with Crippen molar-refractivity contribution in [3.05, 3.63) is 53.1 Å². The minimum atomic E-state index is -1.04. The monoisotopic (exact) mass is 291 g/mol. The van der Waals surface area contributed by atoms with Crippen molar-refractivity contribution in [3.8, 4) is 5.75 Å². The number of nitrogens with one attached hydrogen (secondary N) is 1. The van der Waals surface area contributed by atoms with Crippen molar-refractivity contribution in [3.63, 3.8) is 0 Å². The molecule has 2 aromatic carbocycles. The second-order valence-corrected chi connectivity index (χ2v) is 4.49. The molecule has 0 amide bonds. The van der Waals surface area contributed by atoms with Gasteiger partial charge < -0.3 is 15.2 Å². The van der Waals surface area contributed by atoms with Gasteiger partial charge in [-0.2, -0.15) is 0 Å². The van der Waals surface area contributed by atoms with Gasteiger partial charge in [-0.25, -0.2) is 4.79 Å². The summed E-state index contributed by atoms with van der Waals surface area (Å²) in [6.07, 6.45) is 0. The van der Waals surface area contributed by atoms with Crippen molar-refractivity contribution in [1.29, 1.82) is 0 Å². The number of anilines is 2. The number of carboxylic acid groups (broad SMARTS) is 1. The van der Waals surface area contributed by atoms with Crippen LogP contribution in [0, 0.1) is 0 Å². The van der Waals surface area contributed by atoms with E-state index in [4.69, 9.17) is 16.3 Å². The molecule has 0 unspecified atom stereocenters. The van der Waals surface area contributed by atoms with Crippen LogP contribution in [0.4, 0.5) is 11.4 Å². The molecular weight excluding hydrogens is 278 g/mol. The first-order chi connectivity index (χ1) is 9.61. The Balaban J connectivity index is 2.37. The van der Waals surface area contributed by atoms with Crippen molar-refractivity contribution in [2.75, 3.05) is 11.9 Å². The Bertz CT molecular complexity index is 628. The number of carbonyl (C=O) groups is 1. The van der Waals surface area contributed by atoms with Gasteiger partial charge in [0.2, 0.25) is 0 Å². The van der Waals surface area contributed by atoms with E-state index in [9.17, 15) is 9.90 Å². The third kappa shape index (κ3) is 3.22. The van der Waals surface area contributed by atoms with Crippen molar-refractivity contribution < 1.29 is 14.6 Å². The molecule has 0 spiro atoms. The predicted molar refractivity (Wildman–Crippen MR) is 79.3 cm³/mol. The third-order valence-corrected chi connectivity index (χ3v) is 2.90. The lowest BCUT2D eigenvalue weighted by molar-refractivity contribution is 0.0698. The van der Waals surface area contributed by atoms with Crippen LogP contribution in [0.5, 0.6) is 5.75 Å². The summed E-state index contributed by atoms with van der Waals surface area (Å²) in [7, 11) is 0. The van der Waals surface area contributed by atoms with E-state index in [1.54, 1.807) is 12.1 Å². The number of hydrogen-bond donors (Lipinski definition) is 2. The Kier molecular flexibility index (Phi) is 4.48. The van der Waals surface area contributed by atoms with E-state index < -0.39 is 5.97 Å². The molecule has 20 heavy (non-hydrogen) atoms. The molecule has 0 atom stereocenters. The molecule has 0 aliphatic heterocycles. The minimum absolute atomic E-state index is 0.115. The van der Waals surface area contributed by atoms with Crippen LogP contribution in [-0.4, -0.2) is 17.7 Å². The standard InChI is InChI=1S/C15H14ClNO3/c1-2-20-14-6-4-3-5-13(14)17-12-8-7-10(16)9-11(12)15(18)19/h3-9,17H,2H2,1H3,(H,18,19). The van der Waals surface area contributed by atoms with Gasteiger partial charge in [0.05, 0.1) is 23.5 Å². The molecule has 4 nitrogen and oxygen atoms in total. The van der Waals surface area contributed by atoms with Crippen LogP contribution in [0.25, 0.3) is 0 Å². The van der Waals surface area contributed by atoms with Crippen LogP contribution in [-0.2, 0) is 0 Å². The Morgan fingerprint density at radius 2 is 2.00 bits per heavy atom. The lowest BCUT2D eigenvalue weighted by atomic mass is 10.1. The number of halogens is 1. The smallest absolute Gasteiger partial charge is 0.337 e. The van der Waals surface area contributed by atoms with Crippen LogP contribution in [0.3, 0.4) is 0 Å². The van der Waals surface area contributed by atoms with Crippen LogP contribution < -0.4 is 10.1 Å². The third-order valence-electron chi connectivity index (χ3n) is 2.67. The first-order valence-electron chi connectivity index (χ1n) is 6.13. The minimum Gasteiger partial charge on any atom is -0.492 e. The van der Waals surface area contributed by atoms with Gasteiger partial charge in [-0.05, 0) is 37.3 Å². The molecule has 2 rings (SSSR count). The zero-order chi connectivity index (χ0) is 14.5. The fraction of sp³-hybridized carbons (Fsp3) is 0.133. The molecule has 0 heterocycles. The Hall–Kier alpha value is -2.20. The summed E-state index contributed by atoms with van der Waals surface area (Å²) in [5.41, 5.74) is 1.29. The van der Waals surface area contributed by atoms with Gasteiger partial charge in [0.15, 0.2) is 0 Å². The molecule has 0 aliphatic rings. The summed E-state index contributed by atoms with van der Waals surface area (Å²) < 4.78 is 5.50. The fourth-order valence-electron chi connectivity index (χ4n) is 1.80. The Morgan fingerprint density at radius 3 is 2.70 bits per heavy atom. The highest BCUT2D eigenvalue weighted by Gasteiger charge is 2.12. The number of aromatic carboxylic acids is 1. The van der Waals surface area contributed by atoms with Gasteiger partial charge in [0, 0.05) is 5.02 Å². The van der Waals surface area contributed by atoms with Crippen LogP contribution in [0.2, 0.25) is 5.02 Å². The highest BCUT2D eigenvalue weighted by Crippen LogP contribution is 2.30. The molecule has 0 bridgehead atoms. The summed E-state index contributed by atoms with van der Waals surface area (Å²) in [5.74, 6) is -0.370. The molecule has 0 aliphatic carbocycles. The number of para-hydroxylation sites is 2. The second kappa shape index (κ2) is 6.30. The largest absolute Gasteiger partial charge is 0.492 e. The van der Waals surface area contributed by atoms with E-state index in [1.807, 2.05) is 31.2 Å². The zero-order valence-electron chi connectivity index (χ0n) is 10.9. The summed E-state index contributed by atoms with van der Waals surface area (Å²) in [5, 5.41) is 12.7. The molecule has 0 saturated heterocycles. The van der Waals surface area contributed by atoms with Gasteiger partial charge in [-0.3, -0.25) is 0 Å². The predicted octanol–water partition coefficient (Wildman–Crippen LogP) is 4.18. The van der Waals surface area contributed by atoms with E-state index >= 15 is 0 Å². The summed E-state index contributed by atoms with van der Waals surface area (Å²) in [6.45, 7) is 2.42. The molecule has 0 fully saturated rings. The lowest BCUT2D eigenvalue weighted by Gasteiger charge is -2.14. The van der Waals surface area contributed by atoms with Gasteiger partial charge in [0.25, 0.3) is 0 Å². The number of ether oxygens (including phenoxy) is 1. The van der Waals surface area contributed by atoms with Crippen molar-refractivity contribution in [1.82, 2.24) is 0 Å². The van der Waals surface area contributed by atoms with Gasteiger partial charge in [-0.15, -0.1) is 0 Å². The van der Waals surface area contributed by atoms with E-state index in [0.29, 0.717) is 28.8 Å². The maximum atomic E-state index is 11.2. The summed E-state index contributed by atoms with van der Waals surface area (Å²) in [4.78, 5) is 11.2. The molecule has 0 radical (unpaired) electrons. The fourth-order valence-corrected chi connectivity index (χ4v) is 1.97. The van der Waals surface area contributed by atoms with Crippen molar-refractivity contribution in [2.45, 2.75) is 6.92 Å². The molecule has 5 heteroatoms. The molecule has 0 saturated carbocycles. The number of carboxylic acids is 1. The number of hydrogen-bond acceptors (Lipinski definition) is 3. The average Bonchev–Trinajstić information content (AvgIpc) is 2.43. The Morgan fingerprint density at radius 1 is 1.25 bits per heavy atom. The first kappa shape index (κ1) is 14.2. The number of benzene rings is 2. The van der Waals surface area contributed by atoms with E-state index in [-0.39, 0.29) is 5.56 Å². The van der Waals surface area contributed by atoms with Crippen molar-refractivity contribution in [2.24, 2.45) is 0 Å². The first-order valence-corrected chi connectivity index (χ1v) is 6.51. The second-order valence-electron chi connectivity index (χ2n) is 4.05. The Labute approximate surface area is 122 Å². The maximum Gasteiger partial charge on any atom is 0.337 e. The molecular formula is C15H14ClNO3. The van der Waals surface area contributed by atoms with E-state index in [2.05, 4.69) is 5.32 Å². The van der Waals surface area contributed by atoms with Crippen LogP contribution >= 0.6 is 11.6 Å². The topological polar surface area (TPSA) is 58.6 Å².